The second-order valence-corrected chi connectivity index (χ2v) is 5.90. The van der Waals surface area contributed by atoms with Crippen LogP contribution in [0.1, 0.15) is 13.8 Å². The number of benzene rings is 2. The van der Waals surface area contributed by atoms with Gasteiger partial charge in [0.05, 0.1) is 5.88 Å². The van der Waals surface area contributed by atoms with E-state index < -0.39 is 0 Å². The number of rotatable bonds is 4. The molecule has 0 radical (unpaired) electrons. The Bertz CT molecular complexity index is 619. The van der Waals surface area contributed by atoms with Gasteiger partial charge < -0.3 is 9.84 Å². The van der Waals surface area contributed by atoms with E-state index in [-0.39, 0.29) is 29.8 Å². The number of hydrogen-bond acceptors (Lipinski definition) is 4. The van der Waals surface area contributed by atoms with Gasteiger partial charge in [-0.2, -0.15) is 0 Å². The molecule has 1 N–H and O–H groups in total. The van der Waals surface area contributed by atoms with Crippen LogP contribution in [0.2, 0.25) is 10.0 Å². The lowest BCUT2D eigenvalue weighted by Gasteiger charge is -2.02. The number of ketones is 2. The number of phenolic OH excluding ortho intramolecular Hbond substituents is 1. The van der Waals surface area contributed by atoms with Gasteiger partial charge in [-0.05, 0) is 62.4 Å². The Labute approximate surface area is 162 Å². The van der Waals surface area contributed by atoms with Crippen molar-refractivity contribution in [3.63, 3.8) is 0 Å². The van der Waals surface area contributed by atoms with Gasteiger partial charge in [0.1, 0.15) is 23.9 Å². The smallest absolute Gasteiger partial charge is 0.167 e. The van der Waals surface area contributed by atoms with Crippen LogP contribution >= 0.6 is 34.8 Å². The van der Waals surface area contributed by atoms with Crippen molar-refractivity contribution in [3.05, 3.63) is 58.6 Å². The number of carbonyl (C=O) groups excluding carboxylic acids is 2. The molecule has 7 heteroatoms. The Morgan fingerprint density at radius 3 is 1.60 bits per heavy atom. The van der Waals surface area contributed by atoms with Crippen molar-refractivity contribution in [3.8, 4) is 11.5 Å². The fourth-order valence-electron chi connectivity index (χ4n) is 1.16. The van der Waals surface area contributed by atoms with Gasteiger partial charge >= 0.3 is 0 Å². The lowest BCUT2D eigenvalue weighted by Crippen LogP contribution is -2.06. The monoisotopic (exact) mass is 404 g/mol. The molecule has 0 aromatic heterocycles. The Balaban J connectivity index is 0.000000382. The Kier molecular flexibility index (Phi) is 12.6. The molecule has 0 aliphatic rings. The van der Waals surface area contributed by atoms with Gasteiger partial charge in [-0.3, -0.25) is 9.59 Å². The first-order valence-corrected chi connectivity index (χ1v) is 8.41. The van der Waals surface area contributed by atoms with Crippen LogP contribution in [0.5, 0.6) is 11.5 Å². The molecule has 0 aliphatic carbocycles. The minimum absolute atomic E-state index is 0.00458. The summed E-state index contributed by atoms with van der Waals surface area (Å²) >= 11 is 16.1. The normalized spacial score (nSPS) is 9.00. The predicted molar refractivity (Wildman–Crippen MR) is 102 cm³/mol. The number of aromatic hydroxyl groups is 1. The van der Waals surface area contributed by atoms with E-state index in [9.17, 15) is 9.59 Å². The molecule has 0 unspecified atom stereocenters. The molecule has 0 fully saturated rings. The van der Waals surface area contributed by atoms with E-state index in [1.54, 1.807) is 48.5 Å². The number of alkyl halides is 1. The van der Waals surface area contributed by atoms with E-state index in [0.29, 0.717) is 15.8 Å². The summed E-state index contributed by atoms with van der Waals surface area (Å²) in [4.78, 5) is 20.2. The van der Waals surface area contributed by atoms with Crippen molar-refractivity contribution in [2.24, 2.45) is 0 Å². The van der Waals surface area contributed by atoms with Crippen molar-refractivity contribution >= 4 is 46.4 Å². The highest BCUT2D eigenvalue weighted by Gasteiger charge is 1.95. The molecule has 2 aromatic carbocycles. The number of ether oxygens (including phenoxy) is 1. The number of halogens is 3. The molecule has 2 rings (SSSR count). The highest BCUT2D eigenvalue weighted by atomic mass is 35.5. The molecule has 0 saturated carbocycles. The first kappa shape index (κ1) is 23.2. The summed E-state index contributed by atoms with van der Waals surface area (Å²) in [7, 11) is 0. The van der Waals surface area contributed by atoms with Crippen LogP contribution in [-0.2, 0) is 9.59 Å². The van der Waals surface area contributed by atoms with Crippen LogP contribution in [-0.4, -0.2) is 29.2 Å². The first-order valence-electron chi connectivity index (χ1n) is 7.12. The second-order valence-electron chi connectivity index (χ2n) is 4.76. The lowest BCUT2D eigenvalue weighted by molar-refractivity contribution is -0.119. The molecule has 2 aromatic rings. The zero-order valence-corrected chi connectivity index (χ0v) is 16.1. The van der Waals surface area contributed by atoms with Crippen molar-refractivity contribution in [2.75, 3.05) is 12.5 Å². The Morgan fingerprint density at radius 2 is 1.28 bits per heavy atom. The van der Waals surface area contributed by atoms with Crippen LogP contribution in [0.4, 0.5) is 0 Å². The quantitative estimate of drug-likeness (QED) is 0.713. The summed E-state index contributed by atoms with van der Waals surface area (Å²) in [6.45, 7) is 3.05. The van der Waals surface area contributed by atoms with Gasteiger partial charge in [-0.1, -0.05) is 23.2 Å². The molecule has 0 heterocycles. The van der Waals surface area contributed by atoms with Gasteiger partial charge in [-0.25, -0.2) is 0 Å². The summed E-state index contributed by atoms with van der Waals surface area (Å²) in [5.74, 6) is 1.07. The van der Waals surface area contributed by atoms with Crippen LogP contribution in [0, 0.1) is 0 Å². The Morgan fingerprint density at radius 1 is 0.880 bits per heavy atom. The van der Waals surface area contributed by atoms with Gasteiger partial charge in [0, 0.05) is 10.0 Å². The van der Waals surface area contributed by atoms with Crippen LogP contribution in [0.25, 0.3) is 0 Å². The lowest BCUT2D eigenvalue weighted by atomic mass is 10.3. The van der Waals surface area contributed by atoms with Crippen LogP contribution in [0.15, 0.2) is 48.5 Å². The molecule has 0 spiro atoms. The summed E-state index contributed by atoms with van der Waals surface area (Å²) in [5.41, 5.74) is 0. The highest BCUT2D eigenvalue weighted by Crippen LogP contribution is 2.15. The van der Waals surface area contributed by atoms with Crippen molar-refractivity contribution in [1.82, 2.24) is 0 Å². The Hall–Kier alpha value is -1.75. The summed E-state index contributed by atoms with van der Waals surface area (Å²) in [6.07, 6.45) is 0. The largest absolute Gasteiger partial charge is 0.508 e. The average Bonchev–Trinajstić information content (AvgIpc) is 2.58. The third kappa shape index (κ3) is 14.3. The summed E-state index contributed by atoms with van der Waals surface area (Å²) < 4.78 is 5.11. The number of hydrogen-bond donors (Lipinski definition) is 1. The van der Waals surface area contributed by atoms with Gasteiger partial charge in [0.15, 0.2) is 5.78 Å². The van der Waals surface area contributed by atoms with Gasteiger partial charge in [0.25, 0.3) is 0 Å². The van der Waals surface area contributed by atoms with Crippen molar-refractivity contribution in [1.29, 1.82) is 0 Å². The molecular weight excluding hydrogens is 387 g/mol. The molecule has 0 saturated heterocycles. The molecule has 0 bridgehead atoms. The van der Waals surface area contributed by atoms with E-state index in [1.165, 1.54) is 13.8 Å². The standard InChI is InChI=1S/C9H9ClO2.C6H5ClO.C3H5ClO/c1-7(11)6-12-9-4-2-8(10)3-5-9;7-5-1-3-6(8)4-2-5;1-3(5)2-4/h2-5H,6H2,1H3;1-4,8H;2H2,1H3. The van der Waals surface area contributed by atoms with Crippen molar-refractivity contribution in [2.45, 2.75) is 13.8 Å². The average molecular weight is 406 g/mol. The predicted octanol–water partition coefficient (Wildman–Crippen LogP) is 5.17. The number of carbonyl (C=O) groups is 2. The summed E-state index contributed by atoms with van der Waals surface area (Å²) in [6, 6.07) is 13.3. The van der Waals surface area contributed by atoms with E-state index in [4.69, 9.17) is 44.6 Å². The molecule has 0 atom stereocenters. The van der Waals surface area contributed by atoms with Gasteiger partial charge in [0.2, 0.25) is 0 Å². The molecule has 0 aliphatic heterocycles. The van der Waals surface area contributed by atoms with E-state index in [1.807, 2.05) is 0 Å². The highest BCUT2D eigenvalue weighted by molar-refractivity contribution is 6.30. The number of Topliss-reactive ketones (excluding diaryl/α,β-unsaturated/α-hetero) is 2. The van der Waals surface area contributed by atoms with E-state index >= 15 is 0 Å². The first-order chi connectivity index (χ1) is 11.7. The minimum atomic E-state index is 0.00458. The molecule has 25 heavy (non-hydrogen) atoms. The van der Waals surface area contributed by atoms with E-state index in [0.717, 1.165) is 0 Å². The van der Waals surface area contributed by atoms with Crippen LogP contribution < -0.4 is 4.74 Å². The SMILES string of the molecule is CC(=O)CCl.CC(=O)COc1ccc(Cl)cc1.Oc1ccc(Cl)cc1. The van der Waals surface area contributed by atoms with Gasteiger partial charge in [-0.15, -0.1) is 11.6 Å². The fraction of sp³-hybridized carbons (Fsp3) is 0.222. The zero-order valence-electron chi connectivity index (χ0n) is 13.8. The second kappa shape index (κ2) is 13.5. The maximum atomic E-state index is 10.5. The van der Waals surface area contributed by atoms with Crippen molar-refractivity contribution < 1.29 is 19.4 Å². The molecule has 4 nitrogen and oxygen atoms in total. The minimum Gasteiger partial charge on any atom is -0.508 e. The summed E-state index contributed by atoms with van der Waals surface area (Å²) in [5, 5.41) is 10.00. The van der Waals surface area contributed by atoms with Crippen LogP contribution in [0.3, 0.4) is 0 Å². The zero-order chi connectivity index (χ0) is 19.2. The topological polar surface area (TPSA) is 63.6 Å². The number of phenols is 1. The molecule has 0 amide bonds. The third-order valence-electron chi connectivity index (χ3n) is 2.27. The maximum Gasteiger partial charge on any atom is 0.167 e. The maximum absolute atomic E-state index is 10.5. The molecule has 136 valence electrons. The fourth-order valence-corrected chi connectivity index (χ4v) is 1.41. The molecular formula is C18H19Cl3O4. The van der Waals surface area contributed by atoms with E-state index in [2.05, 4.69) is 0 Å². The third-order valence-corrected chi connectivity index (χ3v) is 3.15.